The average molecular weight is 902 g/mol. The largest absolute Gasteiger partial charge is 0.497 e. The topological polar surface area (TPSA) is 136 Å². The third-order valence-corrected chi connectivity index (χ3v) is 13.1. The van der Waals surface area contributed by atoms with Crippen LogP contribution in [0.5, 0.6) is 17.4 Å². The van der Waals surface area contributed by atoms with Gasteiger partial charge in [-0.1, -0.05) is 41.9 Å². The van der Waals surface area contributed by atoms with E-state index < -0.39 is 18.0 Å². The summed E-state index contributed by atoms with van der Waals surface area (Å²) in [5, 5.41) is 11.8. The summed E-state index contributed by atoms with van der Waals surface area (Å²) in [5.74, 6) is -1.49. The summed E-state index contributed by atoms with van der Waals surface area (Å²) in [5.41, 5.74) is 5.12. The van der Waals surface area contributed by atoms with E-state index in [1.807, 2.05) is 31.2 Å². The van der Waals surface area contributed by atoms with E-state index in [1.165, 1.54) is 11.5 Å². The SMILES string of the molecule is COc1cccc(-c2ncc3snc(O[C@H](Cc4ccccc4OCc4ccnc(N5CCC(F)(F)CC5)n4)C(=O)O)c3c2C2=C(C)C(Cl)=C(OCCN3CCN(C)CC3)CC2)c1. The molecule has 3 aromatic heterocycles. The number of piperidine rings is 1. The number of allylic oxidation sites excluding steroid dienone is 4. The van der Waals surface area contributed by atoms with E-state index in [0.717, 1.165) is 65.5 Å². The molecule has 8 rings (SSSR count). The Bertz CT molecular complexity index is 2500. The standard InChI is InChI=1S/C46H50ClF2N7O6S/c1-29-34(11-12-36(41(29)47)60-24-23-55-21-19-54(2)20-22-55)39-40-38(27-51-42(39)31-8-6-9-33(25-31)59-3)63-53-43(40)62-37(44(57)58)26-30-7-4-5-10-35(30)61-28-32-13-16-50-45(52-32)56-17-14-46(48,49)15-18-56/h4-10,13,16,25,27,37H,11-12,14-15,17-24,26,28H2,1-3H3,(H,57,58)/t37-/m1/s1. The Kier molecular flexibility index (Phi) is 13.7. The molecular formula is C46H50ClF2N7O6S. The second-order valence-electron chi connectivity index (χ2n) is 16.0. The maximum atomic E-state index is 13.8. The van der Waals surface area contributed by atoms with E-state index in [4.69, 9.17) is 35.5 Å². The highest BCUT2D eigenvalue weighted by Crippen LogP contribution is 2.47. The monoisotopic (exact) mass is 901 g/mol. The van der Waals surface area contributed by atoms with Crippen molar-refractivity contribution in [3.63, 3.8) is 0 Å². The zero-order valence-corrected chi connectivity index (χ0v) is 37.1. The molecular weight excluding hydrogens is 852 g/mol. The zero-order chi connectivity index (χ0) is 44.1. The fraction of sp³-hybridized carbons (Fsp3) is 0.413. The number of fused-ring (bicyclic) bond motifs is 1. The highest BCUT2D eigenvalue weighted by Gasteiger charge is 2.35. The van der Waals surface area contributed by atoms with Crippen molar-refractivity contribution in [3.8, 4) is 28.6 Å². The maximum absolute atomic E-state index is 13.8. The summed E-state index contributed by atoms with van der Waals surface area (Å²) in [4.78, 5) is 33.3. The number of anilines is 1. The van der Waals surface area contributed by atoms with Crippen molar-refractivity contribution in [2.75, 3.05) is 71.5 Å². The summed E-state index contributed by atoms with van der Waals surface area (Å²) in [7, 11) is 3.75. The van der Waals surface area contributed by atoms with Crippen molar-refractivity contribution in [2.24, 2.45) is 0 Å². The Morgan fingerprint density at radius 2 is 1.79 bits per heavy atom. The van der Waals surface area contributed by atoms with Gasteiger partial charge in [-0.25, -0.2) is 23.5 Å². The summed E-state index contributed by atoms with van der Waals surface area (Å²) < 4.78 is 57.6. The maximum Gasteiger partial charge on any atom is 0.345 e. The van der Waals surface area contributed by atoms with Gasteiger partial charge in [0, 0.05) is 95.0 Å². The van der Waals surface area contributed by atoms with Gasteiger partial charge in [-0.05, 0) is 72.9 Å². The smallest absolute Gasteiger partial charge is 0.345 e. The van der Waals surface area contributed by atoms with Gasteiger partial charge < -0.3 is 33.9 Å². The lowest BCUT2D eigenvalue weighted by Crippen LogP contribution is -2.45. The Labute approximate surface area is 374 Å². The number of carboxylic acids is 1. The highest BCUT2D eigenvalue weighted by atomic mass is 35.5. The molecule has 1 N–H and O–H groups in total. The van der Waals surface area contributed by atoms with Crippen molar-refractivity contribution in [2.45, 2.75) is 57.7 Å². The predicted molar refractivity (Wildman–Crippen MR) is 239 cm³/mol. The van der Waals surface area contributed by atoms with Gasteiger partial charge in [0.25, 0.3) is 5.92 Å². The van der Waals surface area contributed by atoms with Crippen LogP contribution in [0.4, 0.5) is 14.7 Å². The molecule has 1 atom stereocenters. The van der Waals surface area contributed by atoms with E-state index in [9.17, 15) is 18.7 Å². The second kappa shape index (κ2) is 19.5. The minimum atomic E-state index is -2.69. The predicted octanol–water partition coefficient (Wildman–Crippen LogP) is 8.33. The number of carboxylic acid groups (broad SMARTS) is 1. The molecule has 332 valence electrons. The summed E-state index contributed by atoms with van der Waals surface area (Å²) >= 11 is 8.32. The third-order valence-electron chi connectivity index (χ3n) is 11.8. The van der Waals surface area contributed by atoms with Crippen LogP contribution in [0, 0.1) is 0 Å². The van der Waals surface area contributed by atoms with Crippen LogP contribution in [0.15, 0.2) is 83.4 Å². The average Bonchev–Trinajstić information content (AvgIpc) is 3.70. The number of para-hydroxylation sites is 1. The Morgan fingerprint density at radius 1 is 1.00 bits per heavy atom. The van der Waals surface area contributed by atoms with Crippen LogP contribution in [0.1, 0.15) is 49.4 Å². The number of aliphatic carboxylic acids is 1. The molecule has 0 amide bonds. The number of benzene rings is 2. The van der Waals surface area contributed by atoms with Crippen LogP contribution in [0.25, 0.3) is 26.9 Å². The van der Waals surface area contributed by atoms with E-state index in [-0.39, 0.29) is 44.8 Å². The summed E-state index contributed by atoms with van der Waals surface area (Å²) in [6.07, 6.45) is 2.56. The van der Waals surface area contributed by atoms with Gasteiger partial charge >= 0.3 is 5.97 Å². The first kappa shape index (κ1) is 44.2. The first-order valence-electron chi connectivity index (χ1n) is 21.1. The van der Waals surface area contributed by atoms with Crippen LogP contribution < -0.4 is 19.1 Å². The highest BCUT2D eigenvalue weighted by molar-refractivity contribution is 7.13. The zero-order valence-electron chi connectivity index (χ0n) is 35.5. The molecule has 5 aromatic rings. The molecule has 0 spiro atoms. The Balaban J connectivity index is 1.07. The number of hydrogen-bond acceptors (Lipinski definition) is 13. The normalized spacial score (nSPS) is 17.8. The number of carbonyl (C=O) groups is 1. The lowest BCUT2D eigenvalue weighted by atomic mass is 9.87. The molecule has 3 aliphatic rings. The van der Waals surface area contributed by atoms with Gasteiger partial charge in [-0.15, -0.1) is 0 Å². The molecule has 2 aliphatic heterocycles. The van der Waals surface area contributed by atoms with Crippen molar-refractivity contribution < 1.29 is 37.6 Å². The first-order valence-corrected chi connectivity index (χ1v) is 22.2. The Morgan fingerprint density at radius 3 is 2.57 bits per heavy atom. The second-order valence-corrected chi connectivity index (χ2v) is 17.2. The van der Waals surface area contributed by atoms with E-state index >= 15 is 0 Å². The number of methoxy groups -OCH3 is 1. The number of aromatic nitrogens is 4. The van der Waals surface area contributed by atoms with E-state index in [2.05, 4.69) is 31.2 Å². The molecule has 0 bridgehead atoms. The Hall–Kier alpha value is -5.42. The molecule has 0 saturated carbocycles. The number of alkyl halides is 2. The van der Waals surface area contributed by atoms with Crippen molar-refractivity contribution >= 4 is 50.7 Å². The quantitative estimate of drug-likeness (QED) is 0.102. The van der Waals surface area contributed by atoms with Gasteiger partial charge in [-0.3, -0.25) is 9.88 Å². The van der Waals surface area contributed by atoms with Gasteiger partial charge in [-0.2, -0.15) is 4.37 Å². The number of likely N-dealkylation sites (N-methyl/N-ethyl adjacent to an activating group) is 1. The van der Waals surface area contributed by atoms with Gasteiger partial charge in [0.1, 0.15) is 30.5 Å². The lowest BCUT2D eigenvalue weighted by Gasteiger charge is -2.32. The number of hydrogen-bond donors (Lipinski definition) is 1. The lowest BCUT2D eigenvalue weighted by molar-refractivity contribution is -0.145. The number of piperazine rings is 1. The number of nitrogens with zero attached hydrogens (tertiary/aromatic N) is 7. The minimum absolute atomic E-state index is 0.0454. The molecule has 0 unspecified atom stereocenters. The number of rotatable bonds is 16. The molecule has 0 radical (unpaired) electrons. The molecule has 2 aromatic carbocycles. The summed E-state index contributed by atoms with van der Waals surface area (Å²) in [6.45, 7) is 7.75. The number of halogens is 3. The van der Waals surface area contributed by atoms with Crippen LogP contribution in [0.2, 0.25) is 0 Å². The first-order chi connectivity index (χ1) is 30.5. The van der Waals surface area contributed by atoms with E-state index in [0.29, 0.717) is 64.3 Å². The molecule has 63 heavy (non-hydrogen) atoms. The van der Waals surface area contributed by atoms with Crippen molar-refractivity contribution in [3.05, 3.63) is 100 Å². The number of pyridine rings is 1. The molecule has 2 saturated heterocycles. The minimum Gasteiger partial charge on any atom is -0.497 e. The molecule has 5 heterocycles. The molecule has 2 fully saturated rings. The van der Waals surface area contributed by atoms with Gasteiger partial charge in [0.2, 0.25) is 17.9 Å². The van der Waals surface area contributed by atoms with E-state index in [1.54, 1.807) is 54.7 Å². The fourth-order valence-corrected chi connectivity index (χ4v) is 9.06. The van der Waals surface area contributed by atoms with Crippen molar-refractivity contribution in [1.82, 2.24) is 29.1 Å². The molecule has 1 aliphatic carbocycles. The van der Waals surface area contributed by atoms with Crippen LogP contribution in [0.3, 0.4) is 0 Å². The van der Waals surface area contributed by atoms with Crippen LogP contribution in [-0.2, 0) is 22.6 Å². The fourth-order valence-electron chi connectivity index (χ4n) is 8.10. The molecule has 17 heteroatoms. The number of ether oxygens (including phenoxy) is 4. The van der Waals surface area contributed by atoms with Crippen LogP contribution in [-0.4, -0.2) is 119 Å². The van der Waals surface area contributed by atoms with Crippen molar-refractivity contribution in [1.29, 1.82) is 0 Å². The summed E-state index contributed by atoms with van der Waals surface area (Å²) in [6, 6.07) is 16.5. The van der Waals surface area contributed by atoms with Crippen LogP contribution >= 0.6 is 23.1 Å². The van der Waals surface area contributed by atoms with Gasteiger partial charge in [0.05, 0.1) is 33.6 Å². The molecule has 13 nitrogen and oxygen atoms in total. The third kappa shape index (κ3) is 10.4. The van der Waals surface area contributed by atoms with Gasteiger partial charge in [0.15, 0.2) is 0 Å².